The Morgan fingerprint density at radius 1 is 1.38 bits per heavy atom. The number of nitrogens with two attached hydrogens (primary N) is 1. The molecule has 2 rings (SSSR count). The highest BCUT2D eigenvalue weighted by Gasteiger charge is 2.21. The van der Waals surface area contributed by atoms with E-state index in [-0.39, 0.29) is 24.0 Å². The van der Waals surface area contributed by atoms with Crippen molar-refractivity contribution in [3.05, 3.63) is 41.0 Å². The van der Waals surface area contributed by atoms with Crippen molar-refractivity contribution >= 4 is 29.9 Å². The van der Waals surface area contributed by atoms with Crippen LogP contribution in [0, 0.1) is 0 Å². The van der Waals surface area contributed by atoms with Crippen LogP contribution in [0.4, 0.5) is 0 Å². The van der Waals surface area contributed by atoms with Gasteiger partial charge in [-0.3, -0.25) is 4.79 Å². The number of amides is 1. The molecule has 114 valence electrons. The second-order valence-electron chi connectivity index (χ2n) is 5.13. The number of hydrogen-bond donors (Lipinski definition) is 2. The van der Waals surface area contributed by atoms with Gasteiger partial charge in [-0.25, -0.2) is 0 Å². The fourth-order valence-corrected chi connectivity index (χ4v) is 1.68. The summed E-state index contributed by atoms with van der Waals surface area (Å²) in [4.78, 5) is 12.0. The molecule has 7 heteroatoms. The normalized spacial score (nSPS) is 10.9. The Hall–Kier alpha value is -1.56. The van der Waals surface area contributed by atoms with Gasteiger partial charge in [0.1, 0.15) is 0 Å². The largest absolute Gasteiger partial charge is 0.355 e. The van der Waals surface area contributed by atoms with Crippen LogP contribution in [-0.2, 0) is 0 Å². The van der Waals surface area contributed by atoms with Gasteiger partial charge >= 0.3 is 0 Å². The summed E-state index contributed by atoms with van der Waals surface area (Å²) in [6.07, 6.45) is 0. The van der Waals surface area contributed by atoms with Crippen molar-refractivity contribution in [2.45, 2.75) is 19.4 Å². The predicted octanol–water partition coefficient (Wildman–Crippen LogP) is 2.88. The van der Waals surface area contributed by atoms with Crippen molar-refractivity contribution in [1.82, 2.24) is 10.5 Å². The number of rotatable bonds is 4. The molecular formula is C14H17Cl2N3O2. The summed E-state index contributed by atoms with van der Waals surface area (Å²) in [6.45, 7) is 4.01. The van der Waals surface area contributed by atoms with Gasteiger partial charge in [0, 0.05) is 28.7 Å². The average molecular weight is 330 g/mol. The summed E-state index contributed by atoms with van der Waals surface area (Å²) < 4.78 is 5.17. The maximum Gasteiger partial charge on any atom is 0.273 e. The van der Waals surface area contributed by atoms with Crippen LogP contribution in [0.15, 0.2) is 34.9 Å². The molecule has 0 fully saturated rings. The van der Waals surface area contributed by atoms with Crippen molar-refractivity contribution in [1.29, 1.82) is 0 Å². The molecule has 0 saturated carbocycles. The lowest BCUT2D eigenvalue weighted by Gasteiger charge is -2.23. The van der Waals surface area contributed by atoms with Gasteiger partial charge < -0.3 is 15.6 Å². The highest BCUT2D eigenvalue weighted by Crippen LogP contribution is 2.22. The summed E-state index contributed by atoms with van der Waals surface area (Å²) >= 11 is 5.82. The van der Waals surface area contributed by atoms with E-state index in [4.69, 9.17) is 21.9 Å². The topological polar surface area (TPSA) is 81.1 Å². The zero-order valence-electron chi connectivity index (χ0n) is 11.7. The molecule has 0 spiro atoms. The summed E-state index contributed by atoms with van der Waals surface area (Å²) in [5, 5.41) is 7.20. The highest BCUT2D eigenvalue weighted by atomic mass is 35.5. The number of aromatic nitrogens is 1. The maximum absolute atomic E-state index is 12.0. The molecule has 0 bridgehead atoms. The van der Waals surface area contributed by atoms with Gasteiger partial charge in [0.2, 0.25) is 0 Å². The molecule has 21 heavy (non-hydrogen) atoms. The summed E-state index contributed by atoms with van der Waals surface area (Å²) in [5.74, 6) is 0.196. The van der Waals surface area contributed by atoms with Crippen LogP contribution in [0.5, 0.6) is 0 Å². The average Bonchev–Trinajstić information content (AvgIpc) is 2.89. The quantitative estimate of drug-likeness (QED) is 0.903. The minimum absolute atomic E-state index is 0. The molecule has 1 heterocycles. The summed E-state index contributed by atoms with van der Waals surface area (Å²) in [7, 11) is 0. The van der Waals surface area contributed by atoms with Crippen LogP contribution in [-0.4, -0.2) is 23.1 Å². The van der Waals surface area contributed by atoms with Crippen molar-refractivity contribution in [3.63, 3.8) is 0 Å². The number of halogens is 2. The first kappa shape index (κ1) is 17.5. The molecular weight excluding hydrogens is 313 g/mol. The van der Waals surface area contributed by atoms with Gasteiger partial charge in [-0.2, -0.15) is 0 Å². The number of nitrogens with one attached hydrogen (secondary N) is 1. The van der Waals surface area contributed by atoms with E-state index in [0.29, 0.717) is 17.3 Å². The van der Waals surface area contributed by atoms with Crippen LogP contribution in [0.3, 0.4) is 0 Å². The summed E-state index contributed by atoms with van der Waals surface area (Å²) in [6, 6.07) is 8.68. The second-order valence-corrected chi connectivity index (χ2v) is 5.56. The lowest BCUT2D eigenvalue weighted by molar-refractivity contribution is 0.0906. The lowest BCUT2D eigenvalue weighted by Crippen LogP contribution is -2.48. The molecule has 1 amide bonds. The maximum atomic E-state index is 12.0. The van der Waals surface area contributed by atoms with E-state index >= 15 is 0 Å². The molecule has 3 N–H and O–H groups in total. The van der Waals surface area contributed by atoms with Crippen LogP contribution in [0.2, 0.25) is 5.02 Å². The number of nitrogens with zero attached hydrogens (tertiary/aromatic N) is 1. The molecule has 0 saturated heterocycles. The molecule has 0 atom stereocenters. The standard InChI is InChI=1S/C14H16ClN3O2.ClH/c1-14(2,8-16)17-13(19)11-7-12(20-18-11)9-3-5-10(15)6-4-9;/h3-7H,8,16H2,1-2H3,(H,17,19);1H. The molecule has 2 aromatic rings. The molecule has 0 radical (unpaired) electrons. The van der Waals surface area contributed by atoms with E-state index in [1.54, 1.807) is 30.3 Å². The number of carbonyl (C=O) groups is 1. The second kappa shape index (κ2) is 6.93. The van der Waals surface area contributed by atoms with Gasteiger partial charge in [0.05, 0.1) is 0 Å². The van der Waals surface area contributed by atoms with E-state index < -0.39 is 5.54 Å². The Labute approximate surface area is 134 Å². The Kier molecular flexibility index (Phi) is 5.78. The van der Waals surface area contributed by atoms with E-state index in [2.05, 4.69) is 10.5 Å². The zero-order chi connectivity index (χ0) is 14.8. The van der Waals surface area contributed by atoms with Gasteiger partial charge in [-0.05, 0) is 38.1 Å². The first-order valence-electron chi connectivity index (χ1n) is 6.16. The van der Waals surface area contributed by atoms with E-state index in [1.165, 1.54) is 0 Å². The molecule has 0 aliphatic carbocycles. The van der Waals surface area contributed by atoms with Gasteiger partial charge in [-0.1, -0.05) is 16.8 Å². The molecule has 0 aliphatic heterocycles. The van der Waals surface area contributed by atoms with Crippen LogP contribution in [0.25, 0.3) is 11.3 Å². The smallest absolute Gasteiger partial charge is 0.273 e. The third kappa shape index (κ3) is 4.46. The van der Waals surface area contributed by atoms with E-state index in [0.717, 1.165) is 5.56 Å². The Bertz CT molecular complexity index is 609. The minimum Gasteiger partial charge on any atom is -0.355 e. The van der Waals surface area contributed by atoms with Gasteiger partial charge in [-0.15, -0.1) is 12.4 Å². The number of hydrogen-bond acceptors (Lipinski definition) is 4. The Morgan fingerprint density at radius 2 is 2.00 bits per heavy atom. The zero-order valence-corrected chi connectivity index (χ0v) is 13.3. The Balaban J connectivity index is 0.00000220. The van der Waals surface area contributed by atoms with Gasteiger partial charge in [0.15, 0.2) is 11.5 Å². The van der Waals surface area contributed by atoms with Crippen molar-refractivity contribution in [3.8, 4) is 11.3 Å². The summed E-state index contributed by atoms with van der Waals surface area (Å²) in [5.41, 5.74) is 6.11. The third-order valence-electron chi connectivity index (χ3n) is 2.83. The van der Waals surface area contributed by atoms with Crippen molar-refractivity contribution in [2.75, 3.05) is 6.54 Å². The number of carbonyl (C=O) groups excluding carboxylic acids is 1. The molecule has 0 aliphatic rings. The molecule has 1 aromatic carbocycles. The number of benzene rings is 1. The van der Waals surface area contributed by atoms with Crippen molar-refractivity contribution < 1.29 is 9.32 Å². The third-order valence-corrected chi connectivity index (χ3v) is 3.09. The first-order chi connectivity index (χ1) is 9.41. The highest BCUT2D eigenvalue weighted by molar-refractivity contribution is 6.30. The van der Waals surface area contributed by atoms with Gasteiger partial charge in [0.25, 0.3) is 5.91 Å². The molecule has 1 aromatic heterocycles. The monoisotopic (exact) mass is 329 g/mol. The van der Waals surface area contributed by atoms with Crippen molar-refractivity contribution in [2.24, 2.45) is 5.73 Å². The Morgan fingerprint density at radius 3 is 2.57 bits per heavy atom. The minimum atomic E-state index is -0.490. The molecule has 0 unspecified atom stereocenters. The van der Waals surface area contributed by atoms with E-state index in [1.807, 2.05) is 13.8 Å². The van der Waals surface area contributed by atoms with Crippen LogP contribution in [0.1, 0.15) is 24.3 Å². The lowest BCUT2D eigenvalue weighted by atomic mass is 10.1. The first-order valence-corrected chi connectivity index (χ1v) is 6.54. The van der Waals surface area contributed by atoms with E-state index in [9.17, 15) is 4.79 Å². The van der Waals surface area contributed by atoms with Crippen LogP contribution >= 0.6 is 24.0 Å². The predicted molar refractivity (Wildman–Crippen MR) is 84.8 cm³/mol. The SMILES string of the molecule is CC(C)(CN)NC(=O)c1cc(-c2ccc(Cl)cc2)on1.Cl. The molecule has 5 nitrogen and oxygen atoms in total. The van der Waals surface area contributed by atoms with Crippen LogP contribution < -0.4 is 11.1 Å². The fraction of sp³-hybridized carbons (Fsp3) is 0.286. The fourth-order valence-electron chi connectivity index (χ4n) is 1.55.